The van der Waals surface area contributed by atoms with Crippen LogP contribution in [0.3, 0.4) is 0 Å². The van der Waals surface area contributed by atoms with Crippen LogP contribution in [0, 0.1) is 0 Å². The van der Waals surface area contributed by atoms with Gasteiger partial charge in [-0.2, -0.15) is 0 Å². The summed E-state index contributed by atoms with van der Waals surface area (Å²) in [5, 5.41) is 0. The van der Waals surface area contributed by atoms with E-state index in [-0.39, 0.29) is 0 Å². The van der Waals surface area contributed by atoms with Gasteiger partial charge in [0.15, 0.2) is 0 Å². The quantitative estimate of drug-likeness (QED) is 0.0903. The molecule has 0 aromatic carbocycles. The number of phosphoric acid groups is 1. The molecule has 0 radical (unpaired) electrons. The van der Waals surface area contributed by atoms with Crippen molar-refractivity contribution in [1.29, 1.82) is 0 Å². The predicted molar refractivity (Wildman–Crippen MR) is 118 cm³/mol. The van der Waals surface area contributed by atoms with Gasteiger partial charge in [-0.3, -0.25) is 4.52 Å². The van der Waals surface area contributed by atoms with Gasteiger partial charge in [-0.25, -0.2) is 12.5 Å². The lowest BCUT2D eigenvalue weighted by molar-refractivity contribution is 0.222. The summed E-state index contributed by atoms with van der Waals surface area (Å²) in [4.78, 5) is 0. The largest absolute Gasteiger partial charge is 0.498 e. The molecule has 4 nitrogen and oxygen atoms in total. The minimum absolute atomic E-state index is 0.446. The van der Waals surface area contributed by atoms with Gasteiger partial charge in [0.05, 0.1) is 28.8 Å². The molecule has 0 unspecified atom stereocenters. The summed E-state index contributed by atoms with van der Waals surface area (Å²) in [6, 6.07) is 0. The molecule has 1 heterocycles. The molecule has 0 aromatic heterocycles. The molecule has 0 bridgehead atoms. The first-order valence-corrected chi connectivity index (χ1v) is 15.2. The molecule has 1 saturated heterocycles. The van der Waals surface area contributed by atoms with Crippen LogP contribution < -0.4 is 0 Å². The van der Waals surface area contributed by atoms with Gasteiger partial charge in [0.25, 0.3) is 0 Å². The maximum absolute atomic E-state index is 11.9. The topological polar surface area (TPSA) is 44.8 Å². The molecule has 156 valence electrons. The van der Waals surface area contributed by atoms with Crippen molar-refractivity contribution >= 4 is 39.8 Å². The highest BCUT2D eigenvalue weighted by Gasteiger charge is 2.32. The first-order chi connectivity index (χ1) is 12.8. The van der Waals surface area contributed by atoms with Gasteiger partial charge in [-0.1, -0.05) is 103 Å². The first-order valence-electron chi connectivity index (χ1n) is 10.4. The summed E-state index contributed by atoms with van der Waals surface area (Å²) in [7, 11) is -2.00. The molecule has 1 aliphatic heterocycles. The van der Waals surface area contributed by atoms with Gasteiger partial charge < -0.3 is 0 Å². The van der Waals surface area contributed by atoms with E-state index in [0.717, 1.165) is 35.0 Å². The normalized spacial score (nSPS) is 16.8. The first kappa shape index (κ1) is 25.2. The summed E-state index contributed by atoms with van der Waals surface area (Å²) in [5.41, 5.74) is 0. The minimum Gasteiger partial charge on any atom is -0.286 e. The lowest BCUT2D eigenvalue weighted by Crippen LogP contribution is -1.96. The van der Waals surface area contributed by atoms with Crippen LogP contribution >= 0.6 is 39.8 Å². The van der Waals surface area contributed by atoms with Gasteiger partial charge in [-0.15, -0.1) is 0 Å². The summed E-state index contributed by atoms with van der Waals surface area (Å²) in [5.74, 6) is 0. The Balaban J connectivity index is 1.71. The zero-order chi connectivity index (χ0) is 18.8. The summed E-state index contributed by atoms with van der Waals surface area (Å²) < 4.78 is 27.0. The maximum Gasteiger partial charge on any atom is 0.498 e. The van der Waals surface area contributed by atoms with Crippen LogP contribution in [0.5, 0.6) is 0 Å². The van der Waals surface area contributed by atoms with E-state index >= 15 is 0 Å². The Bertz CT molecular complexity index is 351. The van der Waals surface area contributed by atoms with Crippen molar-refractivity contribution < 1.29 is 17.0 Å². The Kier molecular flexibility index (Phi) is 17.6. The fourth-order valence-electron chi connectivity index (χ4n) is 2.99. The number of hydrogen-bond acceptors (Lipinski definition) is 7. The van der Waals surface area contributed by atoms with Gasteiger partial charge in [-0.05, 0) is 6.42 Å². The highest BCUT2D eigenvalue weighted by molar-refractivity contribution is 9.08. The molecular weight excluding hydrogens is 407 g/mol. The molecule has 0 spiro atoms. The van der Waals surface area contributed by atoms with Crippen LogP contribution in [-0.2, 0) is 17.0 Å². The Morgan fingerprint density at radius 3 is 1.46 bits per heavy atom. The highest BCUT2D eigenvalue weighted by atomic mass is 33.5. The van der Waals surface area contributed by atoms with Crippen LogP contribution in [0.1, 0.15) is 110 Å². The average molecular weight is 445 g/mol. The highest BCUT2D eigenvalue weighted by Crippen LogP contribution is 2.65. The van der Waals surface area contributed by atoms with E-state index in [1.54, 1.807) is 0 Å². The SMILES string of the molecule is CCCCCCCCCCCCCCCCCCOP1(=O)OSSSO1. The average Bonchev–Trinajstić information content (AvgIpc) is 2.65. The van der Waals surface area contributed by atoms with E-state index in [4.69, 9.17) is 12.5 Å². The van der Waals surface area contributed by atoms with E-state index in [9.17, 15) is 4.57 Å². The van der Waals surface area contributed by atoms with Crippen LogP contribution in [-0.4, -0.2) is 6.61 Å². The van der Waals surface area contributed by atoms with Gasteiger partial charge >= 0.3 is 7.82 Å². The molecule has 1 fully saturated rings. The second-order valence-corrected chi connectivity index (χ2v) is 12.1. The van der Waals surface area contributed by atoms with E-state index in [2.05, 4.69) is 6.92 Å². The molecule has 8 heteroatoms. The maximum atomic E-state index is 11.9. The number of unbranched alkanes of at least 4 members (excludes halogenated alkanes) is 15. The van der Waals surface area contributed by atoms with Crippen molar-refractivity contribution in [1.82, 2.24) is 0 Å². The zero-order valence-corrected chi connectivity index (χ0v) is 19.7. The molecule has 0 aliphatic carbocycles. The van der Waals surface area contributed by atoms with Crippen LogP contribution in [0.2, 0.25) is 0 Å². The van der Waals surface area contributed by atoms with Crippen molar-refractivity contribution in [2.45, 2.75) is 110 Å². The lowest BCUT2D eigenvalue weighted by Gasteiger charge is -2.18. The lowest BCUT2D eigenvalue weighted by atomic mass is 10.0. The Morgan fingerprint density at radius 2 is 1.04 bits per heavy atom. The fraction of sp³-hybridized carbons (Fsp3) is 1.00. The minimum atomic E-state index is -3.30. The molecule has 0 saturated carbocycles. The fourth-order valence-corrected chi connectivity index (χ4v) is 8.23. The number of rotatable bonds is 18. The van der Waals surface area contributed by atoms with Gasteiger partial charge in [0, 0.05) is 9.83 Å². The van der Waals surface area contributed by atoms with Gasteiger partial charge in [0.1, 0.15) is 0 Å². The third-order valence-corrected chi connectivity index (χ3v) is 9.53. The Labute approximate surface area is 172 Å². The van der Waals surface area contributed by atoms with Crippen molar-refractivity contribution in [2.75, 3.05) is 6.61 Å². The smallest absolute Gasteiger partial charge is 0.286 e. The van der Waals surface area contributed by atoms with Crippen LogP contribution in [0.4, 0.5) is 0 Å². The molecule has 1 aliphatic rings. The Morgan fingerprint density at radius 1 is 0.654 bits per heavy atom. The number of hydrogen-bond donors (Lipinski definition) is 0. The molecule has 26 heavy (non-hydrogen) atoms. The third-order valence-electron chi connectivity index (χ3n) is 4.55. The van der Waals surface area contributed by atoms with Crippen LogP contribution in [0.25, 0.3) is 0 Å². The zero-order valence-electron chi connectivity index (χ0n) is 16.3. The third kappa shape index (κ3) is 15.1. The summed E-state index contributed by atoms with van der Waals surface area (Å²) in [6.07, 6.45) is 21.4. The molecule has 1 rings (SSSR count). The molecule has 0 atom stereocenters. The van der Waals surface area contributed by atoms with Crippen molar-refractivity contribution in [3.63, 3.8) is 0 Å². The molecule has 0 N–H and O–H groups in total. The standard InChI is InChI=1S/C18H37O4PS3/c1-2-3-4-5-6-7-8-9-10-11-12-13-14-15-16-17-18-20-23(19)21-24-26-25-22-23/h2-18H2,1H3. The van der Waals surface area contributed by atoms with Crippen molar-refractivity contribution in [3.8, 4) is 0 Å². The molecular formula is C18H37O4PS3. The summed E-state index contributed by atoms with van der Waals surface area (Å²) >= 11 is 2.12. The van der Waals surface area contributed by atoms with E-state index in [1.807, 2.05) is 0 Å². The second kappa shape index (κ2) is 18.2. The Hall–Kier alpha value is 1.16. The second-order valence-electron chi connectivity index (χ2n) is 6.94. The van der Waals surface area contributed by atoms with Gasteiger partial charge in [0.2, 0.25) is 0 Å². The van der Waals surface area contributed by atoms with E-state index in [1.165, 1.54) is 99.7 Å². The summed E-state index contributed by atoms with van der Waals surface area (Å²) in [6.45, 7) is 2.72. The van der Waals surface area contributed by atoms with Crippen molar-refractivity contribution in [3.05, 3.63) is 0 Å². The van der Waals surface area contributed by atoms with E-state index in [0.29, 0.717) is 6.61 Å². The van der Waals surface area contributed by atoms with E-state index < -0.39 is 7.82 Å². The molecule has 0 aromatic rings. The van der Waals surface area contributed by atoms with Crippen LogP contribution in [0.15, 0.2) is 0 Å². The molecule has 0 amide bonds. The predicted octanol–water partition coefficient (Wildman–Crippen LogP) is 9.28. The van der Waals surface area contributed by atoms with Crippen molar-refractivity contribution in [2.24, 2.45) is 0 Å². The monoisotopic (exact) mass is 444 g/mol.